The summed E-state index contributed by atoms with van der Waals surface area (Å²) in [5.41, 5.74) is 6.06. The molecule has 3 aromatic rings. The Morgan fingerprint density at radius 2 is 2.29 bits per heavy atom. The summed E-state index contributed by atoms with van der Waals surface area (Å²) >= 11 is 1.71. The Bertz CT molecular complexity index is 646. The van der Waals surface area contributed by atoms with Crippen molar-refractivity contribution in [1.82, 2.24) is 12.9 Å². The molecule has 2 heterocycles. The van der Waals surface area contributed by atoms with Crippen LogP contribution < -0.4 is 5.32 Å². The van der Waals surface area contributed by atoms with E-state index in [2.05, 4.69) is 24.3 Å². The molecular formula is C11H10N4SSe. The second kappa shape index (κ2) is 4.56. The number of anilines is 1. The van der Waals surface area contributed by atoms with Gasteiger partial charge in [-0.05, 0) is 0 Å². The van der Waals surface area contributed by atoms with E-state index in [0.717, 1.165) is 29.0 Å². The van der Waals surface area contributed by atoms with Gasteiger partial charge >= 0.3 is 109 Å². The van der Waals surface area contributed by atoms with Crippen LogP contribution in [-0.2, 0) is 6.54 Å². The molecule has 0 saturated heterocycles. The number of fused-ring (bicyclic) bond motifs is 1. The molecule has 4 nitrogen and oxygen atoms in total. The SMILES string of the molecule is Cc1ncsc1CNc1cccc2n[se]nc12. The molecule has 0 aliphatic rings. The molecular weight excluding hydrogens is 299 g/mol. The first kappa shape index (κ1) is 10.9. The van der Waals surface area contributed by atoms with E-state index in [-0.39, 0.29) is 15.0 Å². The molecule has 0 aliphatic carbocycles. The van der Waals surface area contributed by atoms with Crippen LogP contribution in [0.4, 0.5) is 5.69 Å². The zero-order chi connectivity index (χ0) is 11.7. The van der Waals surface area contributed by atoms with Crippen LogP contribution >= 0.6 is 11.3 Å². The van der Waals surface area contributed by atoms with Crippen LogP contribution in [0, 0.1) is 6.92 Å². The van der Waals surface area contributed by atoms with Gasteiger partial charge < -0.3 is 0 Å². The molecule has 3 rings (SSSR count). The molecule has 86 valence electrons. The number of nitrogens with one attached hydrogen (secondary N) is 1. The van der Waals surface area contributed by atoms with E-state index in [1.165, 1.54) is 4.88 Å². The molecule has 0 bridgehead atoms. The van der Waals surface area contributed by atoms with Crippen molar-refractivity contribution in [3.8, 4) is 0 Å². The Labute approximate surface area is 109 Å². The first-order chi connectivity index (χ1) is 8.34. The third kappa shape index (κ3) is 2.11. The fourth-order valence-electron chi connectivity index (χ4n) is 1.62. The molecule has 0 spiro atoms. The second-order valence-corrected chi connectivity index (χ2v) is 5.70. The minimum absolute atomic E-state index is 0.0283. The minimum atomic E-state index is 0.0283. The van der Waals surface area contributed by atoms with E-state index in [1.807, 2.05) is 24.6 Å². The molecule has 6 heteroatoms. The van der Waals surface area contributed by atoms with E-state index in [0.29, 0.717) is 0 Å². The maximum absolute atomic E-state index is 4.44. The molecule has 0 amide bonds. The molecule has 17 heavy (non-hydrogen) atoms. The number of benzene rings is 1. The third-order valence-corrected chi connectivity index (χ3v) is 4.64. The predicted molar refractivity (Wildman–Crippen MR) is 70.7 cm³/mol. The number of nitrogens with zero attached hydrogens (tertiary/aromatic N) is 3. The van der Waals surface area contributed by atoms with Gasteiger partial charge in [-0.15, -0.1) is 0 Å². The predicted octanol–water partition coefficient (Wildman–Crippen LogP) is 2.06. The molecule has 0 aliphatic heterocycles. The van der Waals surface area contributed by atoms with Gasteiger partial charge in [-0.1, -0.05) is 0 Å². The number of aromatic nitrogens is 3. The van der Waals surface area contributed by atoms with Gasteiger partial charge in [0.25, 0.3) is 0 Å². The van der Waals surface area contributed by atoms with Crippen molar-refractivity contribution in [2.75, 3.05) is 5.32 Å². The second-order valence-electron chi connectivity index (χ2n) is 3.65. The van der Waals surface area contributed by atoms with E-state index in [9.17, 15) is 0 Å². The van der Waals surface area contributed by atoms with Crippen molar-refractivity contribution in [3.63, 3.8) is 0 Å². The molecule has 1 N–H and O–H groups in total. The average Bonchev–Trinajstić information content (AvgIpc) is 2.95. The fourth-order valence-corrected chi connectivity index (χ4v) is 3.49. The van der Waals surface area contributed by atoms with Crippen LogP contribution in [0.2, 0.25) is 0 Å². The number of hydrogen-bond donors (Lipinski definition) is 1. The topological polar surface area (TPSA) is 50.7 Å². The number of hydrogen-bond acceptors (Lipinski definition) is 5. The number of thiazole rings is 1. The van der Waals surface area contributed by atoms with Crippen LogP contribution in [0.1, 0.15) is 10.6 Å². The van der Waals surface area contributed by atoms with Gasteiger partial charge in [-0.3, -0.25) is 0 Å². The van der Waals surface area contributed by atoms with E-state index in [1.54, 1.807) is 11.3 Å². The molecule has 0 unspecified atom stereocenters. The summed E-state index contributed by atoms with van der Waals surface area (Å²) in [5.74, 6) is 0. The molecule has 0 saturated carbocycles. The van der Waals surface area contributed by atoms with Crippen LogP contribution in [0.15, 0.2) is 23.7 Å². The quantitative estimate of drug-likeness (QED) is 0.753. The zero-order valence-corrected chi connectivity index (χ0v) is 11.7. The third-order valence-electron chi connectivity index (χ3n) is 2.57. The molecule has 0 atom stereocenters. The first-order valence-corrected chi connectivity index (χ1v) is 7.60. The van der Waals surface area contributed by atoms with Gasteiger partial charge in [-0.25, -0.2) is 0 Å². The van der Waals surface area contributed by atoms with Crippen molar-refractivity contribution in [2.45, 2.75) is 13.5 Å². The molecule has 2 aromatic heterocycles. The molecule has 0 radical (unpaired) electrons. The summed E-state index contributed by atoms with van der Waals surface area (Å²) < 4.78 is 8.81. The number of rotatable bonds is 3. The van der Waals surface area contributed by atoms with Gasteiger partial charge in [0, 0.05) is 0 Å². The van der Waals surface area contributed by atoms with Crippen LogP contribution in [-0.4, -0.2) is 27.9 Å². The summed E-state index contributed by atoms with van der Waals surface area (Å²) in [6.07, 6.45) is 0. The van der Waals surface area contributed by atoms with Crippen molar-refractivity contribution < 1.29 is 0 Å². The molecule has 0 fully saturated rings. The summed E-state index contributed by atoms with van der Waals surface area (Å²) in [4.78, 5) is 5.51. The van der Waals surface area contributed by atoms with E-state index in [4.69, 9.17) is 0 Å². The van der Waals surface area contributed by atoms with Crippen molar-refractivity contribution in [1.29, 1.82) is 0 Å². The monoisotopic (exact) mass is 310 g/mol. The maximum atomic E-state index is 4.44. The fraction of sp³-hybridized carbons (Fsp3) is 0.182. The Hall–Kier alpha value is -1.23. The summed E-state index contributed by atoms with van der Waals surface area (Å²) in [5, 5.41) is 3.41. The zero-order valence-electron chi connectivity index (χ0n) is 9.17. The van der Waals surface area contributed by atoms with Crippen molar-refractivity contribution >= 4 is 43.0 Å². The van der Waals surface area contributed by atoms with Crippen LogP contribution in [0.25, 0.3) is 11.0 Å². The average molecular weight is 309 g/mol. The van der Waals surface area contributed by atoms with Crippen molar-refractivity contribution in [2.24, 2.45) is 0 Å². The summed E-state index contributed by atoms with van der Waals surface area (Å²) in [6.45, 7) is 2.83. The normalized spacial score (nSPS) is 10.9. The van der Waals surface area contributed by atoms with Gasteiger partial charge in [-0.2, -0.15) is 0 Å². The Balaban J connectivity index is 1.86. The summed E-state index contributed by atoms with van der Waals surface area (Å²) in [6, 6.07) is 6.08. The standard InChI is InChI=1S/C11H10N4SSe/c1-7-10(16-6-13-7)5-12-8-3-2-4-9-11(8)15-17-14-9/h2-4,6,12H,5H2,1H3. The Morgan fingerprint density at radius 3 is 3.12 bits per heavy atom. The summed E-state index contributed by atoms with van der Waals surface area (Å²) in [7, 11) is 0. The van der Waals surface area contributed by atoms with Gasteiger partial charge in [0.2, 0.25) is 0 Å². The van der Waals surface area contributed by atoms with Gasteiger partial charge in [0.1, 0.15) is 0 Å². The van der Waals surface area contributed by atoms with Gasteiger partial charge in [0.15, 0.2) is 0 Å². The van der Waals surface area contributed by atoms with Crippen LogP contribution in [0.5, 0.6) is 0 Å². The van der Waals surface area contributed by atoms with Crippen LogP contribution in [0.3, 0.4) is 0 Å². The Kier molecular flexibility index (Phi) is 2.92. The Morgan fingerprint density at radius 1 is 1.35 bits per heavy atom. The van der Waals surface area contributed by atoms with E-state index >= 15 is 0 Å². The first-order valence-electron chi connectivity index (χ1n) is 5.19. The number of aryl methyl sites for hydroxylation is 1. The van der Waals surface area contributed by atoms with Gasteiger partial charge in [0.05, 0.1) is 0 Å². The van der Waals surface area contributed by atoms with E-state index < -0.39 is 0 Å². The van der Waals surface area contributed by atoms with Crippen molar-refractivity contribution in [3.05, 3.63) is 34.3 Å². The molecule has 1 aromatic carbocycles.